The Morgan fingerprint density at radius 3 is 2.50 bits per heavy atom. The number of guanidine groups is 1. The molecule has 2 rings (SSSR count). The number of carbonyl (C=O) groups is 1. The lowest BCUT2D eigenvalue weighted by atomic mass is 10.1. The van der Waals surface area contributed by atoms with Gasteiger partial charge in [-0.25, -0.2) is 4.79 Å². The second kappa shape index (κ2) is 6.38. The molecule has 0 aliphatic carbocycles. The normalized spacial score (nSPS) is 16.1. The highest BCUT2D eigenvalue weighted by Gasteiger charge is 2.14. The van der Waals surface area contributed by atoms with Gasteiger partial charge in [-0.2, -0.15) is 4.99 Å². The average molecular weight is 276 g/mol. The lowest BCUT2D eigenvalue weighted by molar-refractivity contribution is 0.0675. The standard InChI is InChI=1S/C14H20N4O2/c1-10-4-3-5-11(2)12(10)16-14(19)17-13(15)18-6-8-20-9-7-18/h3-5H,6-9H2,1-2H3,(H3,15,16,17,19). The lowest BCUT2D eigenvalue weighted by Crippen LogP contribution is -2.45. The van der Waals surface area contributed by atoms with Gasteiger partial charge >= 0.3 is 6.03 Å². The van der Waals surface area contributed by atoms with E-state index in [1.165, 1.54) is 0 Å². The molecule has 108 valence electrons. The summed E-state index contributed by atoms with van der Waals surface area (Å²) in [5.74, 6) is 0.233. The molecule has 1 aliphatic heterocycles. The molecule has 20 heavy (non-hydrogen) atoms. The number of nitrogens with zero attached hydrogens (tertiary/aromatic N) is 2. The molecule has 0 aromatic heterocycles. The monoisotopic (exact) mass is 276 g/mol. The molecule has 6 nitrogen and oxygen atoms in total. The van der Waals surface area contributed by atoms with Crippen LogP contribution in [-0.2, 0) is 4.74 Å². The summed E-state index contributed by atoms with van der Waals surface area (Å²) in [5.41, 5.74) is 8.62. The van der Waals surface area contributed by atoms with Crippen molar-refractivity contribution in [3.8, 4) is 0 Å². The Balaban J connectivity index is 2.04. The van der Waals surface area contributed by atoms with Crippen LogP contribution in [0.3, 0.4) is 0 Å². The minimum atomic E-state index is -0.452. The molecule has 0 unspecified atom stereocenters. The van der Waals surface area contributed by atoms with Gasteiger partial charge in [0.2, 0.25) is 5.96 Å². The number of hydrogen-bond donors (Lipinski definition) is 2. The van der Waals surface area contributed by atoms with E-state index in [-0.39, 0.29) is 5.96 Å². The fraction of sp³-hybridized carbons (Fsp3) is 0.429. The summed E-state index contributed by atoms with van der Waals surface area (Å²) < 4.78 is 5.23. The van der Waals surface area contributed by atoms with Crippen molar-refractivity contribution in [1.82, 2.24) is 4.90 Å². The number of urea groups is 1. The Morgan fingerprint density at radius 2 is 1.90 bits per heavy atom. The quantitative estimate of drug-likeness (QED) is 0.601. The number of nitrogens with two attached hydrogens (primary N) is 1. The number of anilines is 1. The van der Waals surface area contributed by atoms with Gasteiger partial charge in [0.1, 0.15) is 0 Å². The third-order valence-electron chi connectivity index (χ3n) is 3.26. The number of aryl methyl sites for hydroxylation is 2. The molecule has 0 atom stereocenters. The van der Waals surface area contributed by atoms with Gasteiger partial charge in [-0.05, 0) is 25.0 Å². The smallest absolute Gasteiger partial charge is 0.348 e. The molecule has 2 amide bonds. The summed E-state index contributed by atoms with van der Waals surface area (Å²) in [6.45, 7) is 6.41. The summed E-state index contributed by atoms with van der Waals surface area (Å²) in [5, 5.41) is 2.78. The summed E-state index contributed by atoms with van der Waals surface area (Å²) in [6.07, 6.45) is 0. The minimum absolute atomic E-state index is 0.233. The molecular weight excluding hydrogens is 256 g/mol. The van der Waals surface area contributed by atoms with Crippen LogP contribution in [0.15, 0.2) is 23.2 Å². The van der Waals surface area contributed by atoms with Crippen molar-refractivity contribution in [2.45, 2.75) is 13.8 Å². The van der Waals surface area contributed by atoms with Crippen LogP contribution in [0, 0.1) is 13.8 Å². The molecule has 1 fully saturated rings. The van der Waals surface area contributed by atoms with E-state index in [1.807, 2.05) is 36.9 Å². The number of nitrogens with one attached hydrogen (secondary N) is 1. The molecule has 0 saturated carbocycles. The van der Waals surface area contributed by atoms with Crippen molar-refractivity contribution in [3.05, 3.63) is 29.3 Å². The summed E-state index contributed by atoms with van der Waals surface area (Å²) in [4.78, 5) is 17.7. The lowest BCUT2D eigenvalue weighted by Gasteiger charge is -2.27. The molecule has 6 heteroatoms. The van der Waals surface area contributed by atoms with E-state index < -0.39 is 6.03 Å². The van der Waals surface area contributed by atoms with Gasteiger partial charge in [0.15, 0.2) is 0 Å². The van der Waals surface area contributed by atoms with E-state index in [0.29, 0.717) is 26.3 Å². The molecule has 3 N–H and O–H groups in total. The first kappa shape index (κ1) is 14.3. The molecular formula is C14H20N4O2. The number of carbonyl (C=O) groups excluding carboxylic acids is 1. The van der Waals surface area contributed by atoms with E-state index in [0.717, 1.165) is 16.8 Å². The number of morpholine rings is 1. The highest BCUT2D eigenvalue weighted by atomic mass is 16.5. The van der Waals surface area contributed by atoms with Gasteiger partial charge < -0.3 is 20.7 Å². The zero-order chi connectivity index (χ0) is 14.5. The van der Waals surface area contributed by atoms with Crippen molar-refractivity contribution in [3.63, 3.8) is 0 Å². The van der Waals surface area contributed by atoms with Crippen molar-refractivity contribution in [2.24, 2.45) is 10.7 Å². The molecule has 1 aromatic rings. The second-order valence-electron chi connectivity index (χ2n) is 4.77. The summed E-state index contributed by atoms with van der Waals surface area (Å²) in [7, 11) is 0. The van der Waals surface area contributed by atoms with Crippen LogP contribution in [0.25, 0.3) is 0 Å². The second-order valence-corrected chi connectivity index (χ2v) is 4.77. The zero-order valence-corrected chi connectivity index (χ0v) is 11.8. The Kier molecular flexibility index (Phi) is 4.57. The van der Waals surface area contributed by atoms with Crippen LogP contribution >= 0.6 is 0 Å². The van der Waals surface area contributed by atoms with Gasteiger partial charge in [0.25, 0.3) is 0 Å². The third kappa shape index (κ3) is 3.48. The van der Waals surface area contributed by atoms with E-state index in [9.17, 15) is 4.79 Å². The van der Waals surface area contributed by atoms with Crippen molar-refractivity contribution in [1.29, 1.82) is 0 Å². The first-order valence-electron chi connectivity index (χ1n) is 6.62. The average Bonchev–Trinajstić information content (AvgIpc) is 2.44. The first-order valence-corrected chi connectivity index (χ1v) is 6.62. The maximum atomic E-state index is 11.9. The molecule has 1 aliphatic rings. The molecule has 0 spiro atoms. The van der Waals surface area contributed by atoms with E-state index in [2.05, 4.69) is 10.3 Å². The number of ether oxygens (including phenoxy) is 1. The summed E-state index contributed by atoms with van der Waals surface area (Å²) >= 11 is 0. The van der Waals surface area contributed by atoms with Gasteiger partial charge in [-0.3, -0.25) is 0 Å². The highest BCUT2D eigenvalue weighted by Crippen LogP contribution is 2.19. The molecule has 0 radical (unpaired) electrons. The Hall–Kier alpha value is -2.08. The maximum absolute atomic E-state index is 11.9. The Labute approximate surface area is 118 Å². The predicted molar refractivity (Wildman–Crippen MR) is 78.9 cm³/mol. The summed E-state index contributed by atoms with van der Waals surface area (Å²) in [6, 6.07) is 5.38. The van der Waals surface area contributed by atoms with Gasteiger partial charge in [0, 0.05) is 18.8 Å². The van der Waals surface area contributed by atoms with E-state index in [1.54, 1.807) is 0 Å². The molecule has 1 heterocycles. The Morgan fingerprint density at radius 1 is 1.30 bits per heavy atom. The first-order chi connectivity index (χ1) is 9.58. The number of aliphatic imine (C=N–C) groups is 1. The van der Waals surface area contributed by atoms with Crippen molar-refractivity contribution >= 4 is 17.7 Å². The van der Waals surface area contributed by atoms with Crippen LogP contribution in [0.1, 0.15) is 11.1 Å². The molecule has 1 saturated heterocycles. The highest BCUT2D eigenvalue weighted by molar-refractivity contribution is 5.99. The van der Waals surface area contributed by atoms with Crippen molar-refractivity contribution in [2.75, 3.05) is 31.6 Å². The zero-order valence-electron chi connectivity index (χ0n) is 11.8. The maximum Gasteiger partial charge on any atom is 0.348 e. The van der Waals surface area contributed by atoms with Gasteiger partial charge in [-0.15, -0.1) is 0 Å². The predicted octanol–water partition coefficient (Wildman–Crippen LogP) is 1.48. The molecule has 0 bridgehead atoms. The number of amides is 2. The van der Waals surface area contributed by atoms with Crippen LogP contribution in [0.2, 0.25) is 0 Å². The van der Waals surface area contributed by atoms with Crippen molar-refractivity contribution < 1.29 is 9.53 Å². The van der Waals surface area contributed by atoms with E-state index in [4.69, 9.17) is 10.5 Å². The third-order valence-corrected chi connectivity index (χ3v) is 3.26. The van der Waals surface area contributed by atoms with Gasteiger partial charge in [0.05, 0.1) is 13.2 Å². The largest absolute Gasteiger partial charge is 0.378 e. The van der Waals surface area contributed by atoms with E-state index >= 15 is 0 Å². The minimum Gasteiger partial charge on any atom is -0.378 e. The number of hydrogen-bond acceptors (Lipinski definition) is 2. The van der Waals surface area contributed by atoms with Crippen LogP contribution in [0.4, 0.5) is 10.5 Å². The topological polar surface area (TPSA) is 80.0 Å². The fourth-order valence-electron chi connectivity index (χ4n) is 2.11. The Bertz CT molecular complexity index is 502. The number of rotatable bonds is 1. The van der Waals surface area contributed by atoms with Gasteiger partial charge in [-0.1, -0.05) is 18.2 Å². The SMILES string of the molecule is Cc1cccc(C)c1NC(=O)N=C(N)N1CCOCC1. The fourth-order valence-corrected chi connectivity index (χ4v) is 2.11. The van der Waals surface area contributed by atoms with Crippen LogP contribution in [0.5, 0.6) is 0 Å². The van der Waals surface area contributed by atoms with Crippen LogP contribution in [-0.4, -0.2) is 43.2 Å². The molecule has 1 aromatic carbocycles. The number of para-hydroxylation sites is 1. The van der Waals surface area contributed by atoms with Crippen LogP contribution < -0.4 is 11.1 Å². The number of benzene rings is 1.